The van der Waals surface area contributed by atoms with Crippen LogP contribution in [-0.4, -0.2) is 17.6 Å². The summed E-state index contributed by atoms with van der Waals surface area (Å²) in [5, 5.41) is 8.16. The van der Waals surface area contributed by atoms with E-state index < -0.39 is 5.97 Å². The van der Waals surface area contributed by atoms with E-state index in [-0.39, 0.29) is 0 Å². The van der Waals surface area contributed by atoms with Crippen molar-refractivity contribution in [3.8, 4) is 11.8 Å². The number of nitrogens with two attached hydrogens (primary N) is 1. The molecule has 0 aliphatic carbocycles. The van der Waals surface area contributed by atoms with Crippen LogP contribution < -0.4 is 5.73 Å². The summed E-state index contributed by atoms with van der Waals surface area (Å²) < 4.78 is 0. The first-order valence-electron chi connectivity index (χ1n) is 4.19. The van der Waals surface area contributed by atoms with E-state index in [1.807, 2.05) is 0 Å². The van der Waals surface area contributed by atoms with E-state index in [2.05, 4.69) is 11.8 Å². The number of hydrogen-bond acceptors (Lipinski definition) is 2. The quantitative estimate of drug-likeness (QED) is 0.476. The van der Waals surface area contributed by atoms with Crippen LogP contribution in [0.2, 0.25) is 0 Å². The second-order valence-corrected chi connectivity index (χ2v) is 2.56. The first-order chi connectivity index (χ1) is 5.77. The number of carboxylic acids is 1. The highest BCUT2D eigenvalue weighted by molar-refractivity contribution is 5.86. The van der Waals surface area contributed by atoms with Crippen LogP contribution >= 0.6 is 0 Å². The van der Waals surface area contributed by atoms with Crippen LogP contribution in [-0.2, 0) is 4.79 Å². The number of carboxylic acid groups (broad SMARTS) is 1. The van der Waals surface area contributed by atoms with Gasteiger partial charge in [0.2, 0.25) is 0 Å². The molecule has 0 atom stereocenters. The summed E-state index contributed by atoms with van der Waals surface area (Å²) in [4.78, 5) is 9.94. The van der Waals surface area contributed by atoms with Crippen molar-refractivity contribution < 1.29 is 9.90 Å². The third-order valence-corrected chi connectivity index (χ3v) is 1.45. The Hall–Kier alpha value is -1.01. The zero-order valence-corrected chi connectivity index (χ0v) is 7.18. The summed E-state index contributed by atoms with van der Waals surface area (Å²) in [6.07, 6.45) is 4.90. The van der Waals surface area contributed by atoms with Crippen LogP contribution in [0.25, 0.3) is 0 Å². The van der Waals surface area contributed by atoms with Crippen molar-refractivity contribution in [1.82, 2.24) is 0 Å². The standard InChI is InChI=1S/C9H15NO2/c10-8-6-4-2-1-3-5-7-9(11)12/h1-4,6,8,10H2,(H,11,12). The number of unbranched alkanes of at least 4 members (excludes halogenated alkanes) is 4. The SMILES string of the molecule is NCCCCCCC#CC(=O)O. The fourth-order valence-electron chi connectivity index (χ4n) is 0.849. The Balaban J connectivity index is 3.12. The highest BCUT2D eigenvalue weighted by Gasteiger charge is 1.87. The molecule has 0 aliphatic rings. The summed E-state index contributed by atoms with van der Waals surface area (Å²) in [7, 11) is 0. The van der Waals surface area contributed by atoms with Gasteiger partial charge >= 0.3 is 5.97 Å². The molecular formula is C9H15NO2. The highest BCUT2D eigenvalue weighted by atomic mass is 16.4. The van der Waals surface area contributed by atoms with Gasteiger partial charge < -0.3 is 10.8 Å². The molecule has 0 unspecified atom stereocenters. The van der Waals surface area contributed by atoms with Gasteiger partial charge in [0.25, 0.3) is 0 Å². The fourth-order valence-corrected chi connectivity index (χ4v) is 0.849. The first kappa shape index (κ1) is 11.0. The molecule has 0 aliphatic heterocycles. The summed E-state index contributed by atoms with van der Waals surface area (Å²) >= 11 is 0. The zero-order chi connectivity index (χ0) is 9.23. The number of carbonyl (C=O) groups is 1. The van der Waals surface area contributed by atoms with Gasteiger partial charge in [-0.1, -0.05) is 18.8 Å². The molecule has 12 heavy (non-hydrogen) atoms. The van der Waals surface area contributed by atoms with Crippen LogP contribution in [0.4, 0.5) is 0 Å². The minimum atomic E-state index is -1.04. The van der Waals surface area contributed by atoms with Gasteiger partial charge in [0, 0.05) is 12.3 Å². The van der Waals surface area contributed by atoms with Crippen LogP contribution in [0.5, 0.6) is 0 Å². The molecule has 0 saturated carbocycles. The maximum atomic E-state index is 9.94. The molecule has 0 aromatic rings. The smallest absolute Gasteiger partial charge is 0.381 e. The Bertz CT molecular complexity index is 179. The molecule has 0 amide bonds. The van der Waals surface area contributed by atoms with E-state index in [1.165, 1.54) is 0 Å². The molecule has 0 bridgehead atoms. The average Bonchev–Trinajstić information content (AvgIpc) is 2.02. The van der Waals surface area contributed by atoms with E-state index in [0.717, 1.165) is 32.2 Å². The van der Waals surface area contributed by atoms with Crippen LogP contribution in [0.15, 0.2) is 0 Å². The Morgan fingerprint density at radius 2 is 1.92 bits per heavy atom. The molecule has 0 saturated heterocycles. The first-order valence-corrected chi connectivity index (χ1v) is 4.19. The highest BCUT2D eigenvalue weighted by Crippen LogP contribution is 2.00. The predicted molar refractivity (Wildman–Crippen MR) is 47.6 cm³/mol. The molecule has 3 heteroatoms. The Labute approximate surface area is 73.0 Å². The topological polar surface area (TPSA) is 63.3 Å². The largest absolute Gasteiger partial charge is 0.472 e. The Morgan fingerprint density at radius 3 is 2.50 bits per heavy atom. The van der Waals surface area contributed by atoms with Crippen LogP contribution in [0.3, 0.4) is 0 Å². The van der Waals surface area contributed by atoms with E-state index in [1.54, 1.807) is 0 Å². The molecule has 0 fully saturated rings. The maximum Gasteiger partial charge on any atom is 0.381 e. The summed E-state index contributed by atoms with van der Waals surface area (Å²) in [6, 6.07) is 0. The molecule has 0 heterocycles. The average molecular weight is 169 g/mol. The predicted octanol–water partition coefficient (Wildman–Crippen LogP) is 0.984. The van der Waals surface area contributed by atoms with Gasteiger partial charge in [-0.2, -0.15) is 0 Å². The van der Waals surface area contributed by atoms with Gasteiger partial charge in [0.1, 0.15) is 0 Å². The van der Waals surface area contributed by atoms with E-state index in [4.69, 9.17) is 10.8 Å². The monoisotopic (exact) mass is 169 g/mol. The molecule has 3 nitrogen and oxygen atoms in total. The Kier molecular flexibility index (Phi) is 7.41. The van der Waals surface area contributed by atoms with Crippen molar-refractivity contribution in [2.24, 2.45) is 5.73 Å². The normalized spacial score (nSPS) is 8.75. The van der Waals surface area contributed by atoms with Crippen molar-refractivity contribution in [3.05, 3.63) is 0 Å². The van der Waals surface area contributed by atoms with E-state index in [0.29, 0.717) is 6.42 Å². The molecule has 68 valence electrons. The fraction of sp³-hybridized carbons (Fsp3) is 0.667. The van der Waals surface area contributed by atoms with Crippen molar-refractivity contribution >= 4 is 5.97 Å². The Morgan fingerprint density at radius 1 is 1.25 bits per heavy atom. The minimum absolute atomic E-state index is 0.677. The third-order valence-electron chi connectivity index (χ3n) is 1.45. The summed E-state index contributed by atoms with van der Waals surface area (Å²) in [5.74, 6) is 3.61. The second kappa shape index (κ2) is 8.09. The second-order valence-electron chi connectivity index (χ2n) is 2.56. The lowest BCUT2D eigenvalue weighted by molar-refractivity contribution is -0.130. The summed E-state index contributed by atoms with van der Waals surface area (Å²) in [5.41, 5.74) is 5.30. The lowest BCUT2D eigenvalue weighted by Gasteiger charge is -1.94. The van der Waals surface area contributed by atoms with Crippen molar-refractivity contribution in [1.29, 1.82) is 0 Å². The zero-order valence-electron chi connectivity index (χ0n) is 7.18. The molecule has 0 aromatic heterocycles. The number of hydrogen-bond donors (Lipinski definition) is 2. The lowest BCUT2D eigenvalue weighted by atomic mass is 10.1. The number of rotatable bonds is 5. The van der Waals surface area contributed by atoms with E-state index in [9.17, 15) is 4.79 Å². The van der Waals surface area contributed by atoms with Crippen LogP contribution in [0, 0.1) is 11.8 Å². The third kappa shape index (κ3) is 8.99. The maximum absolute atomic E-state index is 9.94. The van der Waals surface area contributed by atoms with Crippen molar-refractivity contribution in [3.63, 3.8) is 0 Å². The molecule has 3 N–H and O–H groups in total. The molecule has 0 spiro atoms. The van der Waals surface area contributed by atoms with E-state index >= 15 is 0 Å². The molecule has 0 aromatic carbocycles. The van der Waals surface area contributed by atoms with Gasteiger partial charge in [0.15, 0.2) is 0 Å². The molecular weight excluding hydrogens is 154 g/mol. The van der Waals surface area contributed by atoms with Gasteiger partial charge in [0.05, 0.1) is 0 Å². The van der Waals surface area contributed by atoms with Gasteiger partial charge in [-0.3, -0.25) is 0 Å². The van der Waals surface area contributed by atoms with Crippen LogP contribution in [0.1, 0.15) is 32.1 Å². The van der Waals surface area contributed by atoms with Crippen molar-refractivity contribution in [2.75, 3.05) is 6.54 Å². The summed E-state index contributed by atoms with van der Waals surface area (Å²) in [6.45, 7) is 0.737. The van der Waals surface area contributed by atoms with Gasteiger partial charge in [-0.25, -0.2) is 4.79 Å². The van der Waals surface area contributed by atoms with Gasteiger partial charge in [-0.15, -0.1) is 0 Å². The molecule has 0 rings (SSSR count). The minimum Gasteiger partial charge on any atom is -0.472 e. The number of aliphatic carboxylic acids is 1. The van der Waals surface area contributed by atoms with Crippen molar-refractivity contribution in [2.45, 2.75) is 32.1 Å². The molecule has 0 radical (unpaired) electrons. The lowest BCUT2D eigenvalue weighted by Crippen LogP contribution is -1.97. The van der Waals surface area contributed by atoms with Gasteiger partial charge in [-0.05, 0) is 19.4 Å².